The summed E-state index contributed by atoms with van der Waals surface area (Å²) in [4.78, 5) is 16.8. The third-order valence-corrected chi connectivity index (χ3v) is 7.31. The van der Waals surface area contributed by atoms with Gasteiger partial charge in [0.05, 0.1) is 4.90 Å². The number of benzene rings is 2. The molecule has 156 valence electrons. The molecule has 29 heavy (non-hydrogen) atoms. The fourth-order valence-electron chi connectivity index (χ4n) is 3.22. The molecule has 6 nitrogen and oxygen atoms in total. The van der Waals surface area contributed by atoms with Crippen LogP contribution in [-0.4, -0.2) is 62.8 Å². The van der Waals surface area contributed by atoms with Gasteiger partial charge in [0.25, 0.3) is 5.91 Å². The fraction of sp³-hybridized carbons (Fsp3) is 0.381. The van der Waals surface area contributed by atoms with Crippen LogP contribution in [-0.2, 0) is 10.0 Å². The van der Waals surface area contributed by atoms with Crippen LogP contribution in [0.3, 0.4) is 0 Å². The molecular weight excluding hydrogens is 393 g/mol. The molecule has 2 aromatic rings. The first-order valence-corrected chi connectivity index (χ1v) is 11.0. The maximum absolute atomic E-state index is 13.1. The molecule has 0 N–H and O–H groups in total. The van der Waals surface area contributed by atoms with E-state index in [-0.39, 0.29) is 22.7 Å². The lowest BCUT2D eigenvalue weighted by molar-refractivity contribution is 0.0746. The van der Waals surface area contributed by atoms with Crippen LogP contribution in [0.2, 0.25) is 0 Å². The molecule has 2 aromatic carbocycles. The Kier molecular flexibility index (Phi) is 6.24. The van der Waals surface area contributed by atoms with Gasteiger partial charge in [0.15, 0.2) is 0 Å². The predicted molar refractivity (Wildman–Crippen MR) is 111 cm³/mol. The van der Waals surface area contributed by atoms with Crippen molar-refractivity contribution in [3.63, 3.8) is 0 Å². The van der Waals surface area contributed by atoms with Crippen LogP contribution >= 0.6 is 0 Å². The molecule has 1 heterocycles. The summed E-state index contributed by atoms with van der Waals surface area (Å²) in [6.45, 7) is 6.02. The molecule has 0 bridgehead atoms. The zero-order valence-electron chi connectivity index (χ0n) is 16.9. The van der Waals surface area contributed by atoms with E-state index in [0.29, 0.717) is 31.7 Å². The summed E-state index contributed by atoms with van der Waals surface area (Å²) < 4.78 is 39.5. The molecule has 1 aliphatic heterocycles. The van der Waals surface area contributed by atoms with Crippen LogP contribution in [0.5, 0.6) is 0 Å². The molecule has 0 atom stereocenters. The highest BCUT2D eigenvalue weighted by atomic mass is 32.2. The van der Waals surface area contributed by atoms with Crippen LogP contribution in [0.15, 0.2) is 53.4 Å². The second-order valence-electron chi connectivity index (χ2n) is 7.40. The first-order chi connectivity index (χ1) is 13.7. The van der Waals surface area contributed by atoms with Gasteiger partial charge in [-0.25, -0.2) is 12.8 Å². The molecule has 0 radical (unpaired) electrons. The molecule has 0 saturated carbocycles. The quantitative estimate of drug-likeness (QED) is 0.748. The predicted octanol–water partition coefficient (Wildman–Crippen LogP) is 2.82. The normalized spacial score (nSPS) is 15.2. The molecule has 0 aromatic heterocycles. The van der Waals surface area contributed by atoms with Gasteiger partial charge in [0.1, 0.15) is 5.82 Å². The van der Waals surface area contributed by atoms with Gasteiger partial charge in [0.2, 0.25) is 10.0 Å². The standard InChI is InChI=1S/C21H26FN3O3S/c1-16(2)23(3)29(27,28)20-10-4-17(5-11-20)21(26)25-14-12-24(13-15-25)19-8-6-18(22)7-9-19/h4-11,16H,12-15H2,1-3H3. The summed E-state index contributed by atoms with van der Waals surface area (Å²) in [6.07, 6.45) is 0. The number of rotatable bonds is 5. The largest absolute Gasteiger partial charge is 0.368 e. The summed E-state index contributed by atoms with van der Waals surface area (Å²) in [5.41, 5.74) is 1.40. The molecule has 0 aliphatic carbocycles. The van der Waals surface area contributed by atoms with Crippen LogP contribution in [0, 0.1) is 5.82 Å². The zero-order valence-corrected chi connectivity index (χ0v) is 17.7. The zero-order chi connectivity index (χ0) is 21.2. The van der Waals surface area contributed by atoms with E-state index in [1.54, 1.807) is 50.1 Å². The van der Waals surface area contributed by atoms with E-state index in [4.69, 9.17) is 0 Å². The maximum Gasteiger partial charge on any atom is 0.253 e. The Balaban J connectivity index is 1.65. The van der Waals surface area contributed by atoms with Crippen molar-refractivity contribution in [2.75, 3.05) is 38.1 Å². The van der Waals surface area contributed by atoms with Crippen molar-refractivity contribution in [1.82, 2.24) is 9.21 Å². The Bertz CT molecular complexity index is 952. The number of hydrogen-bond donors (Lipinski definition) is 0. The molecule has 1 amide bonds. The second kappa shape index (κ2) is 8.51. The number of carbonyl (C=O) groups excluding carboxylic acids is 1. The molecule has 3 rings (SSSR count). The number of nitrogens with zero attached hydrogens (tertiary/aromatic N) is 3. The fourth-order valence-corrected chi connectivity index (χ4v) is 4.58. The van der Waals surface area contributed by atoms with E-state index in [1.807, 2.05) is 0 Å². The number of sulfonamides is 1. The van der Waals surface area contributed by atoms with Gasteiger partial charge < -0.3 is 9.80 Å². The van der Waals surface area contributed by atoms with Gasteiger partial charge in [-0.2, -0.15) is 4.31 Å². The van der Waals surface area contributed by atoms with Crippen LogP contribution < -0.4 is 4.90 Å². The monoisotopic (exact) mass is 419 g/mol. The van der Waals surface area contributed by atoms with Crippen LogP contribution in [0.4, 0.5) is 10.1 Å². The molecular formula is C21H26FN3O3S. The Labute approximate surface area is 171 Å². The second-order valence-corrected chi connectivity index (χ2v) is 9.39. The van der Waals surface area contributed by atoms with Crippen molar-refractivity contribution >= 4 is 21.6 Å². The minimum atomic E-state index is -3.57. The summed E-state index contributed by atoms with van der Waals surface area (Å²) in [7, 11) is -2.03. The van der Waals surface area contributed by atoms with E-state index in [0.717, 1.165) is 5.69 Å². The number of hydrogen-bond acceptors (Lipinski definition) is 4. The molecule has 1 saturated heterocycles. The van der Waals surface area contributed by atoms with Crippen LogP contribution in [0.25, 0.3) is 0 Å². The van der Waals surface area contributed by atoms with Crippen molar-refractivity contribution < 1.29 is 17.6 Å². The molecule has 8 heteroatoms. The van der Waals surface area contributed by atoms with Gasteiger partial charge in [0, 0.05) is 50.5 Å². The number of anilines is 1. The number of amides is 1. The third-order valence-electron chi connectivity index (χ3n) is 5.26. The minimum absolute atomic E-state index is 0.120. The number of piperazine rings is 1. The highest BCUT2D eigenvalue weighted by Gasteiger charge is 2.25. The van der Waals surface area contributed by atoms with Gasteiger partial charge in [-0.05, 0) is 62.4 Å². The molecule has 1 aliphatic rings. The molecule has 0 spiro atoms. The van der Waals surface area contributed by atoms with Crippen molar-refractivity contribution in [3.05, 3.63) is 59.9 Å². The van der Waals surface area contributed by atoms with Gasteiger partial charge in [-0.1, -0.05) is 0 Å². The Morgan fingerprint density at radius 1 is 0.966 bits per heavy atom. The average molecular weight is 420 g/mol. The molecule has 1 fully saturated rings. The van der Waals surface area contributed by atoms with Crippen molar-refractivity contribution in [1.29, 1.82) is 0 Å². The average Bonchev–Trinajstić information content (AvgIpc) is 2.73. The minimum Gasteiger partial charge on any atom is -0.368 e. The van der Waals surface area contributed by atoms with Crippen molar-refractivity contribution in [3.8, 4) is 0 Å². The Morgan fingerprint density at radius 3 is 2.03 bits per heavy atom. The SMILES string of the molecule is CC(C)N(C)S(=O)(=O)c1ccc(C(=O)N2CCN(c3ccc(F)cc3)CC2)cc1. The van der Waals surface area contributed by atoms with Crippen molar-refractivity contribution in [2.24, 2.45) is 0 Å². The lowest BCUT2D eigenvalue weighted by Gasteiger charge is -2.36. The van der Waals surface area contributed by atoms with Crippen molar-refractivity contribution in [2.45, 2.75) is 24.8 Å². The third kappa shape index (κ3) is 4.59. The Morgan fingerprint density at radius 2 is 1.52 bits per heavy atom. The van der Waals surface area contributed by atoms with Gasteiger partial charge >= 0.3 is 0 Å². The van der Waals surface area contributed by atoms with E-state index >= 15 is 0 Å². The summed E-state index contributed by atoms with van der Waals surface area (Å²) >= 11 is 0. The highest BCUT2D eigenvalue weighted by Crippen LogP contribution is 2.20. The lowest BCUT2D eigenvalue weighted by atomic mass is 10.1. The summed E-state index contributed by atoms with van der Waals surface area (Å²) in [6, 6.07) is 12.3. The first kappa shape index (κ1) is 21.3. The topological polar surface area (TPSA) is 60.9 Å². The van der Waals surface area contributed by atoms with Gasteiger partial charge in [-0.15, -0.1) is 0 Å². The number of halogens is 1. The lowest BCUT2D eigenvalue weighted by Crippen LogP contribution is -2.48. The van der Waals surface area contributed by atoms with Crippen LogP contribution in [0.1, 0.15) is 24.2 Å². The van der Waals surface area contributed by atoms with E-state index in [1.165, 1.54) is 28.6 Å². The summed E-state index contributed by atoms with van der Waals surface area (Å²) in [5, 5.41) is 0. The maximum atomic E-state index is 13.1. The summed E-state index contributed by atoms with van der Waals surface area (Å²) in [5.74, 6) is -0.391. The first-order valence-electron chi connectivity index (χ1n) is 9.58. The number of carbonyl (C=O) groups is 1. The molecule has 0 unspecified atom stereocenters. The Hall–Kier alpha value is -2.45. The van der Waals surface area contributed by atoms with E-state index < -0.39 is 10.0 Å². The van der Waals surface area contributed by atoms with E-state index in [9.17, 15) is 17.6 Å². The smallest absolute Gasteiger partial charge is 0.253 e. The van der Waals surface area contributed by atoms with E-state index in [2.05, 4.69) is 4.90 Å². The van der Waals surface area contributed by atoms with Gasteiger partial charge in [-0.3, -0.25) is 4.79 Å². The highest BCUT2D eigenvalue weighted by molar-refractivity contribution is 7.89.